The molecule has 228 valence electrons. The summed E-state index contributed by atoms with van der Waals surface area (Å²) in [6, 6.07) is 19.5. The Hall–Kier alpha value is -5.12. The summed E-state index contributed by atoms with van der Waals surface area (Å²) in [4.78, 5) is 76.0. The highest BCUT2D eigenvalue weighted by atomic mass is 16.5. The van der Waals surface area contributed by atoms with Gasteiger partial charge in [-0.2, -0.15) is 0 Å². The number of ether oxygens (including phenoxy) is 1. The Bertz CT molecular complexity index is 1560. The van der Waals surface area contributed by atoms with Crippen LogP contribution >= 0.6 is 0 Å². The molecule has 1 unspecified atom stereocenters. The van der Waals surface area contributed by atoms with Crippen molar-refractivity contribution in [3.8, 4) is 0 Å². The van der Waals surface area contributed by atoms with Gasteiger partial charge in [0.05, 0.1) is 11.8 Å². The van der Waals surface area contributed by atoms with Crippen molar-refractivity contribution in [2.24, 2.45) is 5.92 Å². The number of carbonyl (C=O) groups is 5. The van der Waals surface area contributed by atoms with Crippen LogP contribution in [0.2, 0.25) is 0 Å². The number of benzene rings is 2. The van der Waals surface area contributed by atoms with E-state index in [0.29, 0.717) is 16.7 Å². The van der Waals surface area contributed by atoms with Crippen molar-refractivity contribution in [3.05, 3.63) is 108 Å². The van der Waals surface area contributed by atoms with Gasteiger partial charge >= 0.3 is 5.97 Å². The van der Waals surface area contributed by atoms with Crippen LogP contribution in [0.15, 0.2) is 91.4 Å². The largest absolute Gasteiger partial charge is 0.457 e. The van der Waals surface area contributed by atoms with Crippen LogP contribution < -0.4 is 5.32 Å². The first-order valence-electron chi connectivity index (χ1n) is 14.4. The molecule has 0 fully saturated rings. The van der Waals surface area contributed by atoms with Crippen LogP contribution in [0, 0.1) is 5.92 Å². The second-order valence-electron chi connectivity index (χ2n) is 11.2. The number of nitrogens with one attached hydrogen (secondary N) is 1. The van der Waals surface area contributed by atoms with Gasteiger partial charge in [0.2, 0.25) is 5.91 Å². The van der Waals surface area contributed by atoms with Gasteiger partial charge in [-0.25, -0.2) is 4.79 Å². The first-order chi connectivity index (χ1) is 21.0. The SMILES string of the molecule is CC(=O)N[C@](Cc1ccccc1)(C(=O)C(=O)OC(C)C)N1C(=O)C(C(C)C)N(C(=O)c2ccncc2)C=C1c1ccccc1. The summed E-state index contributed by atoms with van der Waals surface area (Å²) in [5, 5.41) is 2.69. The van der Waals surface area contributed by atoms with Gasteiger partial charge in [0.15, 0.2) is 5.66 Å². The Morgan fingerprint density at radius 2 is 1.50 bits per heavy atom. The number of carbonyl (C=O) groups excluding carboxylic acids is 5. The Morgan fingerprint density at radius 1 is 0.909 bits per heavy atom. The predicted molar refractivity (Wildman–Crippen MR) is 163 cm³/mol. The van der Waals surface area contributed by atoms with E-state index in [1.165, 1.54) is 35.3 Å². The Morgan fingerprint density at radius 3 is 2.05 bits per heavy atom. The number of hydrogen-bond donors (Lipinski definition) is 1. The topological polar surface area (TPSA) is 126 Å². The molecule has 1 aliphatic heterocycles. The lowest BCUT2D eigenvalue weighted by Gasteiger charge is -2.49. The summed E-state index contributed by atoms with van der Waals surface area (Å²) in [5.41, 5.74) is -0.738. The number of Topliss-reactive ketones (excluding diaryl/α,β-unsaturated/α-hetero) is 1. The minimum Gasteiger partial charge on any atom is -0.457 e. The van der Waals surface area contributed by atoms with E-state index in [1.54, 1.807) is 100 Å². The molecule has 2 atom stereocenters. The number of ketones is 1. The highest BCUT2D eigenvalue weighted by molar-refractivity contribution is 6.38. The molecule has 0 radical (unpaired) electrons. The van der Waals surface area contributed by atoms with E-state index in [-0.39, 0.29) is 12.1 Å². The molecule has 1 N–H and O–H groups in total. The number of nitrogens with zero attached hydrogens (tertiary/aromatic N) is 3. The average Bonchev–Trinajstić information content (AvgIpc) is 3.00. The molecule has 1 aliphatic rings. The van der Waals surface area contributed by atoms with Crippen LogP contribution in [0.25, 0.3) is 5.70 Å². The molecule has 2 heterocycles. The van der Waals surface area contributed by atoms with Crippen LogP contribution in [-0.4, -0.2) is 62.1 Å². The maximum atomic E-state index is 14.9. The van der Waals surface area contributed by atoms with E-state index in [0.717, 1.165) is 0 Å². The second kappa shape index (κ2) is 13.5. The molecule has 1 aromatic heterocycles. The second-order valence-corrected chi connectivity index (χ2v) is 11.2. The zero-order valence-electron chi connectivity index (χ0n) is 25.4. The monoisotopic (exact) mass is 596 g/mol. The molecule has 0 saturated carbocycles. The van der Waals surface area contributed by atoms with Gasteiger partial charge in [0.1, 0.15) is 6.04 Å². The van der Waals surface area contributed by atoms with Crippen LogP contribution in [0.3, 0.4) is 0 Å². The fourth-order valence-electron chi connectivity index (χ4n) is 5.32. The third-order valence-corrected chi connectivity index (χ3v) is 7.11. The fourth-order valence-corrected chi connectivity index (χ4v) is 5.32. The first kappa shape index (κ1) is 31.8. The zero-order valence-corrected chi connectivity index (χ0v) is 25.4. The molecule has 0 aliphatic carbocycles. The summed E-state index contributed by atoms with van der Waals surface area (Å²) >= 11 is 0. The summed E-state index contributed by atoms with van der Waals surface area (Å²) in [5.74, 6) is -4.53. The van der Waals surface area contributed by atoms with Crippen molar-refractivity contribution in [3.63, 3.8) is 0 Å². The maximum absolute atomic E-state index is 14.9. The Kier molecular flexibility index (Phi) is 9.73. The fraction of sp³-hybridized carbons (Fsp3) is 0.294. The number of aromatic nitrogens is 1. The lowest BCUT2D eigenvalue weighted by Crippen LogP contribution is -2.72. The van der Waals surface area contributed by atoms with Crippen molar-refractivity contribution in [1.82, 2.24) is 20.1 Å². The van der Waals surface area contributed by atoms with Gasteiger partial charge in [0.25, 0.3) is 17.6 Å². The maximum Gasteiger partial charge on any atom is 0.379 e. The van der Waals surface area contributed by atoms with Crippen molar-refractivity contribution < 1.29 is 28.7 Å². The van der Waals surface area contributed by atoms with Crippen molar-refractivity contribution in [2.75, 3.05) is 0 Å². The average molecular weight is 597 g/mol. The van der Waals surface area contributed by atoms with Crippen LogP contribution in [0.5, 0.6) is 0 Å². The molecular weight excluding hydrogens is 560 g/mol. The highest BCUT2D eigenvalue weighted by Gasteiger charge is 2.56. The van der Waals surface area contributed by atoms with E-state index in [2.05, 4.69) is 10.3 Å². The van der Waals surface area contributed by atoms with Gasteiger partial charge in [-0.15, -0.1) is 0 Å². The van der Waals surface area contributed by atoms with Crippen LogP contribution in [-0.2, 0) is 30.3 Å². The predicted octanol–water partition coefficient (Wildman–Crippen LogP) is 3.99. The molecule has 0 spiro atoms. The first-order valence-corrected chi connectivity index (χ1v) is 14.4. The van der Waals surface area contributed by atoms with Gasteiger partial charge < -0.3 is 15.0 Å². The summed E-state index contributed by atoms with van der Waals surface area (Å²) in [6.45, 7) is 7.96. The molecule has 3 amide bonds. The molecule has 4 rings (SSSR count). The normalized spacial score (nSPS) is 16.3. The van der Waals surface area contributed by atoms with Crippen molar-refractivity contribution in [1.29, 1.82) is 0 Å². The molecule has 0 saturated heterocycles. The van der Waals surface area contributed by atoms with Crippen LogP contribution in [0.1, 0.15) is 56.1 Å². The van der Waals surface area contributed by atoms with E-state index in [4.69, 9.17) is 4.74 Å². The van der Waals surface area contributed by atoms with Gasteiger partial charge in [-0.05, 0) is 43.0 Å². The number of pyridine rings is 1. The van der Waals surface area contributed by atoms with Crippen molar-refractivity contribution in [2.45, 2.75) is 58.8 Å². The quantitative estimate of drug-likeness (QED) is 0.277. The molecular formula is C34H36N4O6. The van der Waals surface area contributed by atoms with Gasteiger partial charge in [-0.1, -0.05) is 74.5 Å². The van der Waals surface area contributed by atoms with Crippen molar-refractivity contribution >= 4 is 35.2 Å². The molecule has 10 nitrogen and oxygen atoms in total. The minimum absolute atomic E-state index is 0.144. The summed E-state index contributed by atoms with van der Waals surface area (Å²) < 4.78 is 5.33. The van der Waals surface area contributed by atoms with E-state index < -0.39 is 53.2 Å². The lowest BCUT2D eigenvalue weighted by atomic mass is 9.87. The lowest BCUT2D eigenvalue weighted by molar-refractivity contribution is -0.165. The Balaban J connectivity index is 2.05. The van der Waals surface area contributed by atoms with E-state index in [9.17, 15) is 24.0 Å². The molecule has 10 heteroatoms. The molecule has 44 heavy (non-hydrogen) atoms. The summed E-state index contributed by atoms with van der Waals surface area (Å²) in [6.07, 6.45) is 3.58. The smallest absolute Gasteiger partial charge is 0.379 e. The third kappa shape index (κ3) is 6.59. The zero-order chi connectivity index (χ0) is 32.0. The number of esters is 1. The Labute approximate surface area is 256 Å². The standard InChI is InChI=1S/C34H36N4O6/c1-22(2)29-32(42)38(28(26-14-10-7-11-15-26)21-37(29)31(41)27-16-18-35-19-17-27)34(36-24(5)39,20-25-12-8-6-9-13-25)30(40)33(43)44-23(3)4/h6-19,21-23,29H,20H2,1-5H3,(H,36,39)/t29?,34-/m0/s1. The van der Waals surface area contributed by atoms with Crippen LogP contribution in [0.4, 0.5) is 0 Å². The summed E-state index contributed by atoms with van der Waals surface area (Å²) in [7, 11) is 0. The minimum atomic E-state index is -2.24. The number of rotatable bonds is 10. The van der Waals surface area contributed by atoms with Gasteiger partial charge in [-0.3, -0.25) is 29.1 Å². The molecule has 2 aromatic carbocycles. The molecule has 0 bridgehead atoms. The highest BCUT2D eigenvalue weighted by Crippen LogP contribution is 2.37. The molecule has 3 aromatic rings. The number of amides is 3. The third-order valence-electron chi connectivity index (χ3n) is 7.11. The number of hydrogen-bond acceptors (Lipinski definition) is 7. The van der Waals surface area contributed by atoms with Gasteiger partial charge in [0, 0.05) is 37.5 Å². The van der Waals surface area contributed by atoms with E-state index >= 15 is 0 Å². The van der Waals surface area contributed by atoms with E-state index in [1.807, 2.05) is 0 Å².